The number of amides is 3. The van der Waals surface area contributed by atoms with Gasteiger partial charge in [-0.25, -0.2) is 0 Å². The minimum Gasteiger partial charge on any atom is -0.483 e. The van der Waals surface area contributed by atoms with Gasteiger partial charge in [0.1, 0.15) is 5.75 Å². The van der Waals surface area contributed by atoms with Gasteiger partial charge >= 0.3 is 0 Å². The van der Waals surface area contributed by atoms with Crippen molar-refractivity contribution in [3.63, 3.8) is 0 Å². The Hall–Kier alpha value is -3.35. The first kappa shape index (κ1) is 17.0. The molecular formula is C17H17N3O4. The van der Waals surface area contributed by atoms with Crippen molar-refractivity contribution < 1.29 is 19.1 Å². The molecule has 0 saturated heterocycles. The Morgan fingerprint density at radius 3 is 2.50 bits per heavy atom. The van der Waals surface area contributed by atoms with E-state index in [0.29, 0.717) is 11.3 Å². The lowest BCUT2D eigenvalue weighted by Crippen LogP contribution is -2.22. The Kier molecular flexibility index (Phi) is 5.51. The zero-order valence-electron chi connectivity index (χ0n) is 13.0. The van der Waals surface area contributed by atoms with Crippen LogP contribution in [-0.2, 0) is 4.79 Å². The number of para-hydroxylation sites is 1. The number of carbonyl (C=O) groups excluding carboxylic acids is 3. The van der Waals surface area contributed by atoms with Gasteiger partial charge in [0.05, 0.1) is 5.56 Å². The van der Waals surface area contributed by atoms with E-state index in [-0.39, 0.29) is 23.8 Å². The fourth-order valence-corrected chi connectivity index (χ4v) is 2.01. The van der Waals surface area contributed by atoms with Crippen LogP contribution in [0.2, 0.25) is 0 Å². The monoisotopic (exact) mass is 327 g/mol. The van der Waals surface area contributed by atoms with Crippen molar-refractivity contribution in [3.8, 4) is 5.75 Å². The average molecular weight is 327 g/mol. The predicted octanol–water partition coefficient (Wildman–Crippen LogP) is 1.16. The van der Waals surface area contributed by atoms with Gasteiger partial charge in [-0.1, -0.05) is 18.2 Å². The van der Waals surface area contributed by atoms with Crippen molar-refractivity contribution in [3.05, 3.63) is 59.7 Å². The molecule has 2 aromatic carbocycles. The van der Waals surface area contributed by atoms with Gasteiger partial charge in [-0.05, 0) is 30.3 Å². The number of anilines is 1. The van der Waals surface area contributed by atoms with Crippen LogP contribution >= 0.6 is 0 Å². The molecule has 0 fully saturated rings. The molecule has 2 rings (SSSR count). The molecule has 0 aromatic heterocycles. The molecule has 24 heavy (non-hydrogen) atoms. The maximum atomic E-state index is 12.4. The van der Waals surface area contributed by atoms with E-state index in [9.17, 15) is 14.4 Å². The van der Waals surface area contributed by atoms with E-state index in [2.05, 4.69) is 10.6 Å². The summed E-state index contributed by atoms with van der Waals surface area (Å²) in [5, 5.41) is 5.21. The third kappa shape index (κ3) is 4.33. The van der Waals surface area contributed by atoms with Crippen LogP contribution in [0.15, 0.2) is 48.5 Å². The molecule has 0 aliphatic carbocycles. The maximum Gasteiger partial charge on any atom is 0.259 e. The highest BCUT2D eigenvalue weighted by molar-refractivity contribution is 6.06. The summed E-state index contributed by atoms with van der Waals surface area (Å²) >= 11 is 0. The largest absolute Gasteiger partial charge is 0.483 e. The standard InChI is InChI=1S/C17H17N3O4/c1-19-16(22)11-5-4-6-12(9-11)20-17(23)13-7-2-3-8-14(13)24-10-15(18)21/h2-9H,10H2,1H3,(H2,18,21)(H,19,22)(H,20,23). The Balaban J connectivity index is 2.18. The minimum absolute atomic E-state index is 0.247. The number of hydrogen-bond donors (Lipinski definition) is 3. The Morgan fingerprint density at radius 2 is 1.79 bits per heavy atom. The maximum absolute atomic E-state index is 12.4. The second kappa shape index (κ2) is 7.77. The van der Waals surface area contributed by atoms with Crippen LogP contribution in [0.3, 0.4) is 0 Å². The SMILES string of the molecule is CNC(=O)c1cccc(NC(=O)c2ccccc2OCC(N)=O)c1. The van der Waals surface area contributed by atoms with Crippen molar-refractivity contribution in [1.82, 2.24) is 5.32 Å². The van der Waals surface area contributed by atoms with Gasteiger partial charge in [0, 0.05) is 18.3 Å². The molecule has 0 radical (unpaired) electrons. The van der Waals surface area contributed by atoms with Gasteiger partial charge in [0.2, 0.25) is 0 Å². The second-order valence-corrected chi connectivity index (χ2v) is 4.87. The second-order valence-electron chi connectivity index (χ2n) is 4.87. The fraction of sp³-hybridized carbons (Fsp3) is 0.118. The van der Waals surface area contributed by atoms with E-state index in [1.165, 1.54) is 7.05 Å². The molecule has 0 spiro atoms. The van der Waals surface area contributed by atoms with E-state index in [1.807, 2.05) is 0 Å². The number of benzene rings is 2. The van der Waals surface area contributed by atoms with Crippen LogP contribution in [0.5, 0.6) is 5.75 Å². The molecule has 4 N–H and O–H groups in total. The Bertz CT molecular complexity index is 774. The van der Waals surface area contributed by atoms with Gasteiger partial charge in [-0.3, -0.25) is 14.4 Å². The molecule has 2 aromatic rings. The molecule has 7 heteroatoms. The molecular weight excluding hydrogens is 310 g/mol. The molecule has 0 bridgehead atoms. The van der Waals surface area contributed by atoms with Gasteiger partial charge in [0.15, 0.2) is 6.61 Å². The molecule has 3 amide bonds. The number of nitrogens with two attached hydrogens (primary N) is 1. The average Bonchev–Trinajstić information content (AvgIpc) is 2.59. The normalized spacial score (nSPS) is 9.88. The smallest absolute Gasteiger partial charge is 0.259 e. The lowest BCUT2D eigenvalue weighted by atomic mass is 10.1. The number of hydrogen-bond acceptors (Lipinski definition) is 4. The highest BCUT2D eigenvalue weighted by Crippen LogP contribution is 2.20. The Labute approximate surface area is 138 Å². The van der Waals surface area contributed by atoms with Gasteiger partial charge in [-0.2, -0.15) is 0 Å². The third-order valence-corrected chi connectivity index (χ3v) is 3.11. The van der Waals surface area contributed by atoms with E-state index < -0.39 is 11.8 Å². The van der Waals surface area contributed by atoms with E-state index in [0.717, 1.165) is 0 Å². The van der Waals surface area contributed by atoms with Crippen molar-refractivity contribution in [1.29, 1.82) is 0 Å². The number of rotatable bonds is 6. The number of ether oxygens (including phenoxy) is 1. The lowest BCUT2D eigenvalue weighted by Gasteiger charge is -2.11. The summed E-state index contributed by atoms with van der Waals surface area (Å²) in [5.74, 6) is -1.07. The number of carbonyl (C=O) groups is 3. The summed E-state index contributed by atoms with van der Waals surface area (Å²) in [6, 6.07) is 13.0. The summed E-state index contributed by atoms with van der Waals surface area (Å²) in [6.45, 7) is -0.323. The highest BCUT2D eigenvalue weighted by atomic mass is 16.5. The summed E-state index contributed by atoms with van der Waals surface area (Å²) in [7, 11) is 1.53. The predicted molar refractivity (Wildman–Crippen MR) is 88.9 cm³/mol. The van der Waals surface area contributed by atoms with E-state index in [4.69, 9.17) is 10.5 Å². The van der Waals surface area contributed by atoms with Crippen molar-refractivity contribution in [2.24, 2.45) is 5.73 Å². The Morgan fingerprint density at radius 1 is 1.04 bits per heavy atom. The number of primary amides is 1. The molecule has 0 unspecified atom stereocenters. The highest BCUT2D eigenvalue weighted by Gasteiger charge is 2.13. The lowest BCUT2D eigenvalue weighted by molar-refractivity contribution is -0.119. The quantitative estimate of drug-likeness (QED) is 0.739. The first-order valence-electron chi connectivity index (χ1n) is 7.15. The van der Waals surface area contributed by atoms with Crippen LogP contribution in [-0.4, -0.2) is 31.4 Å². The van der Waals surface area contributed by atoms with Crippen LogP contribution in [0, 0.1) is 0 Å². The van der Waals surface area contributed by atoms with Crippen LogP contribution in [0.25, 0.3) is 0 Å². The van der Waals surface area contributed by atoms with Crippen LogP contribution < -0.4 is 21.1 Å². The van der Waals surface area contributed by atoms with Crippen molar-refractivity contribution >= 4 is 23.4 Å². The van der Waals surface area contributed by atoms with Gasteiger partial charge in [-0.15, -0.1) is 0 Å². The summed E-state index contributed by atoms with van der Waals surface area (Å²) in [6.07, 6.45) is 0. The summed E-state index contributed by atoms with van der Waals surface area (Å²) in [5.41, 5.74) is 6.19. The molecule has 0 saturated carbocycles. The van der Waals surface area contributed by atoms with E-state index >= 15 is 0 Å². The molecule has 7 nitrogen and oxygen atoms in total. The first-order valence-corrected chi connectivity index (χ1v) is 7.15. The van der Waals surface area contributed by atoms with Gasteiger partial charge in [0.25, 0.3) is 17.7 Å². The van der Waals surface area contributed by atoms with Gasteiger partial charge < -0.3 is 21.1 Å². The zero-order valence-corrected chi connectivity index (χ0v) is 13.0. The fourth-order valence-electron chi connectivity index (χ4n) is 2.01. The molecule has 0 heterocycles. The van der Waals surface area contributed by atoms with Crippen molar-refractivity contribution in [2.75, 3.05) is 19.0 Å². The topological polar surface area (TPSA) is 111 Å². The minimum atomic E-state index is -0.636. The van der Waals surface area contributed by atoms with Crippen molar-refractivity contribution in [2.45, 2.75) is 0 Å². The van der Waals surface area contributed by atoms with Crippen LogP contribution in [0.4, 0.5) is 5.69 Å². The first-order chi connectivity index (χ1) is 11.5. The van der Waals surface area contributed by atoms with E-state index in [1.54, 1.807) is 48.5 Å². The summed E-state index contributed by atoms with van der Waals surface area (Å²) < 4.78 is 5.24. The molecule has 0 atom stereocenters. The third-order valence-electron chi connectivity index (χ3n) is 3.11. The molecule has 0 aliphatic rings. The van der Waals surface area contributed by atoms with Crippen LogP contribution in [0.1, 0.15) is 20.7 Å². The zero-order chi connectivity index (χ0) is 17.5. The number of nitrogens with one attached hydrogen (secondary N) is 2. The summed E-state index contributed by atoms with van der Waals surface area (Å²) in [4.78, 5) is 34.9. The molecule has 0 aliphatic heterocycles. The molecule has 124 valence electrons.